The van der Waals surface area contributed by atoms with Gasteiger partial charge in [-0.1, -0.05) is 60.8 Å². The zero-order chi connectivity index (χ0) is 26.4. The summed E-state index contributed by atoms with van der Waals surface area (Å²) in [6.07, 6.45) is 3.31. The normalized spacial score (nSPS) is 14.6. The predicted octanol–water partition coefficient (Wildman–Crippen LogP) is 6.42. The van der Waals surface area contributed by atoms with Crippen LogP contribution in [0.5, 0.6) is 11.5 Å². The number of halogens is 2. The van der Waals surface area contributed by atoms with Crippen LogP contribution in [-0.4, -0.2) is 24.5 Å². The Balaban J connectivity index is 1.51. The molecule has 1 aliphatic rings. The van der Waals surface area contributed by atoms with Crippen LogP contribution < -0.4 is 19.7 Å². The lowest BCUT2D eigenvalue weighted by atomic mass is 10.1. The van der Waals surface area contributed by atoms with E-state index in [4.69, 9.17) is 32.7 Å². The van der Waals surface area contributed by atoms with Crippen molar-refractivity contribution in [1.29, 1.82) is 0 Å². The fraction of sp³-hybridized carbons (Fsp3) is 0.179. The molecular weight excluding hydrogens is 515 g/mol. The first-order valence-corrected chi connectivity index (χ1v) is 12.4. The number of ether oxygens (including phenoxy) is 2. The van der Waals surface area contributed by atoms with Crippen LogP contribution in [0.25, 0.3) is 6.08 Å². The van der Waals surface area contributed by atoms with Crippen LogP contribution in [0.1, 0.15) is 30.9 Å². The highest BCUT2D eigenvalue weighted by Crippen LogP contribution is 2.29. The summed E-state index contributed by atoms with van der Waals surface area (Å²) < 4.78 is 11.4. The Morgan fingerprint density at radius 1 is 0.919 bits per heavy atom. The van der Waals surface area contributed by atoms with Gasteiger partial charge in [0.1, 0.15) is 23.7 Å². The highest BCUT2D eigenvalue weighted by molar-refractivity contribution is 6.39. The summed E-state index contributed by atoms with van der Waals surface area (Å²) in [6.45, 7) is 2.87. The van der Waals surface area contributed by atoms with Crippen LogP contribution in [0.4, 0.5) is 10.5 Å². The van der Waals surface area contributed by atoms with Crippen molar-refractivity contribution in [3.8, 4) is 11.5 Å². The van der Waals surface area contributed by atoms with Crippen molar-refractivity contribution in [3.05, 3.63) is 93.5 Å². The van der Waals surface area contributed by atoms with Gasteiger partial charge >= 0.3 is 6.03 Å². The van der Waals surface area contributed by atoms with Crippen molar-refractivity contribution in [1.82, 2.24) is 5.32 Å². The minimum Gasteiger partial charge on any atom is -0.494 e. The number of amides is 4. The molecule has 0 saturated carbocycles. The van der Waals surface area contributed by atoms with Crippen LogP contribution in [-0.2, 0) is 16.2 Å². The second kappa shape index (κ2) is 12.0. The van der Waals surface area contributed by atoms with Crippen LogP contribution >= 0.6 is 23.2 Å². The van der Waals surface area contributed by atoms with E-state index in [0.717, 1.165) is 23.3 Å². The third-order valence-electron chi connectivity index (χ3n) is 5.57. The Morgan fingerprint density at radius 3 is 2.38 bits per heavy atom. The summed E-state index contributed by atoms with van der Waals surface area (Å²) in [4.78, 5) is 39.1. The van der Waals surface area contributed by atoms with Gasteiger partial charge in [0.2, 0.25) is 0 Å². The number of rotatable bonds is 9. The van der Waals surface area contributed by atoms with Gasteiger partial charge in [0.05, 0.1) is 17.3 Å². The molecular formula is C28H24Cl2N2O5. The van der Waals surface area contributed by atoms with Crippen LogP contribution in [0.2, 0.25) is 10.0 Å². The summed E-state index contributed by atoms with van der Waals surface area (Å²) in [5.74, 6) is -0.494. The number of nitrogens with one attached hydrogen (secondary N) is 1. The Morgan fingerprint density at radius 2 is 1.68 bits per heavy atom. The third-order valence-corrected chi connectivity index (χ3v) is 6.24. The van der Waals surface area contributed by atoms with Gasteiger partial charge in [-0.15, -0.1) is 0 Å². The molecule has 0 spiro atoms. The fourth-order valence-electron chi connectivity index (χ4n) is 3.58. The first-order chi connectivity index (χ1) is 17.9. The molecule has 9 heteroatoms. The number of unbranched alkanes of at least 4 members (excludes halogenated alkanes) is 1. The summed E-state index contributed by atoms with van der Waals surface area (Å²) in [5, 5.41) is 3.08. The molecule has 0 bridgehead atoms. The number of benzene rings is 3. The molecule has 1 aliphatic heterocycles. The highest BCUT2D eigenvalue weighted by atomic mass is 35.5. The summed E-state index contributed by atoms with van der Waals surface area (Å²) in [6, 6.07) is 17.9. The first kappa shape index (κ1) is 26.3. The van der Waals surface area contributed by atoms with Crippen LogP contribution in [0, 0.1) is 0 Å². The number of carbonyl (C=O) groups is 3. The number of imide groups is 2. The largest absolute Gasteiger partial charge is 0.494 e. The SMILES string of the molecule is CCCCOc1ccc(N2C(=O)NC(=O)/C(=C/c3ccc(OCc4ccccc4Cl)c(Cl)c3)C2=O)cc1. The number of carbonyl (C=O) groups excluding carboxylic acids is 3. The topological polar surface area (TPSA) is 84.9 Å². The molecule has 3 aromatic carbocycles. The van der Waals surface area contributed by atoms with Crippen molar-refractivity contribution in [2.45, 2.75) is 26.4 Å². The van der Waals surface area contributed by atoms with Gasteiger partial charge < -0.3 is 9.47 Å². The molecule has 0 unspecified atom stereocenters. The minimum atomic E-state index is -0.826. The molecule has 1 saturated heterocycles. The molecule has 1 fully saturated rings. The number of hydrogen-bond acceptors (Lipinski definition) is 5. The van der Waals surface area contributed by atoms with Crippen molar-refractivity contribution >= 4 is 52.8 Å². The van der Waals surface area contributed by atoms with E-state index in [-0.39, 0.29) is 17.2 Å². The Labute approximate surface area is 224 Å². The van der Waals surface area contributed by atoms with Crippen molar-refractivity contribution in [2.75, 3.05) is 11.5 Å². The molecule has 190 valence electrons. The number of hydrogen-bond donors (Lipinski definition) is 1. The van der Waals surface area contributed by atoms with E-state index < -0.39 is 17.8 Å². The maximum atomic E-state index is 13.2. The zero-order valence-electron chi connectivity index (χ0n) is 20.0. The molecule has 0 aliphatic carbocycles. The monoisotopic (exact) mass is 538 g/mol. The molecule has 3 aromatic rings. The lowest BCUT2D eigenvalue weighted by Crippen LogP contribution is -2.54. The lowest BCUT2D eigenvalue weighted by Gasteiger charge is -2.26. The first-order valence-electron chi connectivity index (χ1n) is 11.7. The molecule has 0 atom stereocenters. The second-order valence-corrected chi connectivity index (χ2v) is 9.04. The Kier molecular flexibility index (Phi) is 8.48. The molecule has 4 rings (SSSR count). The second-order valence-electron chi connectivity index (χ2n) is 8.22. The van der Waals surface area contributed by atoms with Gasteiger partial charge in [-0.05, 0) is 60.5 Å². The lowest BCUT2D eigenvalue weighted by molar-refractivity contribution is -0.122. The quantitative estimate of drug-likeness (QED) is 0.193. The third kappa shape index (κ3) is 6.31. The molecule has 0 radical (unpaired) electrons. The predicted molar refractivity (Wildman–Crippen MR) is 143 cm³/mol. The van der Waals surface area contributed by atoms with Crippen molar-refractivity contribution in [3.63, 3.8) is 0 Å². The van der Waals surface area contributed by atoms with E-state index in [1.807, 2.05) is 18.2 Å². The summed E-state index contributed by atoms with van der Waals surface area (Å²) in [7, 11) is 0. The Hall–Kier alpha value is -3.81. The average molecular weight is 539 g/mol. The molecule has 1 heterocycles. The van der Waals surface area contributed by atoms with E-state index in [1.165, 1.54) is 6.08 Å². The van der Waals surface area contributed by atoms with Gasteiger partial charge in [0.15, 0.2) is 0 Å². The highest BCUT2D eigenvalue weighted by Gasteiger charge is 2.36. The number of urea groups is 1. The zero-order valence-corrected chi connectivity index (χ0v) is 21.5. The van der Waals surface area contributed by atoms with Gasteiger partial charge in [-0.3, -0.25) is 14.9 Å². The number of nitrogens with zero attached hydrogens (tertiary/aromatic N) is 1. The number of anilines is 1. The van der Waals surface area contributed by atoms with E-state index in [9.17, 15) is 14.4 Å². The summed E-state index contributed by atoms with van der Waals surface area (Å²) >= 11 is 12.6. The van der Waals surface area contributed by atoms with E-state index in [1.54, 1.807) is 48.5 Å². The van der Waals surface area contributed by atoms with Gasteiger partial charge in [-0.25, -0.2) is 9.69 Å². The fourth-order valence-corrected chi connectivity index (χ4v) is 4.01. The van der Waals surface area contributed by atoms with E-state index in [2.05, 4.69) is 12.2 Å². The van der Waals surface area contributed by atoms with Crippen LogP contribution in [0.3, 0.4) is 0 Å². The maximum absolute atomic E-state index is 13.2. The molecule has 1 N–H and O–H groups in total. The van der Waals surface area contributed by atoms with E-state index >= 15 is 0 Å². The smallest absolute Gasteiger partial charge is 0.335 e. The van der Waals surface area contributed by atoms with Crippen LogP contribution in [0.15, 0.2) is 72.3 Å². The van der Waals surface area contributed by atoms with Gasteiger partial charge in [0, 0.05) is 10.6 Å². The molecule has 0 aromatic heterocycles. The minimum absolute atomic E-state index is 0.205. The Bertz CT molecular complexity index is 1350. The van der Waals surface area contributed by atoms with Gasteiger partial charge in [-0.2, -0.15) is 0 Å². The standard InChI is InChI=1S/C28H24Cl2N2O5/c1-2-3-14-36-21-11-9-20(10-12-21)32-27(34)22(26(33)31-28(32)35)15-18-8-13-25(24(30)16-18)37-17-19-6-4-5-7-23(19)29/h4-13,15-16H,2-3,14,17H2,1H3,(H,31,33,35)/b22-15-. The molecule has 37 heavy (non-hydrogen) atoms. The molecule has 4 amide bonds. The number of barbiturate groups is 1. The van der Waals surface area contributed by atoms with Crippen molar-refractivity contribution < 1.29 is 23.9 Å². The average Bonchev–Trinajstić information content (AvgIpc) is 2.88. The molecule has 7 nitrogen and oxygen atoms in total. The maximum Gasteiger partial charge on any atom is 0.335 e. The van der Waals surface area contributed by atoms with Crippen molar-refractivity contribution in [2.24, 2.45) is 0 Å². The van der Waals surface area contributed by atoms with Gasteiger partial charge in [0.25, 0.3) is 11.8 Å². The van der Waals surface area contributed by atoms with E-state index in [0.29, 0.717) is 34.4 Å². The summed E-state index contributed by atoms with van der Waals surface area (Å²) in [5.41, 5.74) is 1.40.